The van der Waals surface area contributed by atoms with Gasteiger partial charge in [0.2, 0.25) is 0 Å². The third kappa shape index (κ3) is 2.15. The van der Waals surface area contributed by atoms with Gasteiger partial charge in [-0.3, -0.25) is 0 Å². The van der Waals surface area contributed by atoms with Crippen molar-refractivity contribution in [2.24, 2.45) is 0 Å². The second kappa shape index (κ2) is 4.74. The van der Waals surface area contributed by atoms with Crippen molar-refractivity contribution in [1.82, 2.24) is 9.55 Å². The first kappa shape index (κ1) is 12.3. The van der Waals surface area contributed by atoms with Crippen LogP contribution in [0.15, 0.2) is 36.9 Å². The number of nitrogen functional groups attached to an aromatic ring is 1. The minimum Gasteiger partial charge on any atom is -0.383 e. The summed E-state index contributed by atoms with van der Waals surface area (Å²) in [4.78, 5) is 4.73. The van der Waals surface area contributed by atoms with Gasteiger partial charge in [0.1, 0.15) is 17.3 Å². The first-order valence-electron chi connectivity index (χ1n) is 6.44. The first-order chi connectivity index (χ1) is 9.22. The zero-order chi connectivity index (χ0) is 13.4. The molecule has 4 heteroatoms. The number of hydrogen-bond acceptors (Lipinski definition) is 2. The Morgan fingerprint density at radius 2 is 2.16 bits per heavy atom. The number of halogens is 1. The molecule has 2 N–H and O–H groups in total. The fourth-order valence-electron chi connectivity index (χ4n) is 2.31. The Bertz CT molecular complexity index is 626. The lowest BCUT2D eigenvalue weighted by atomic mass is 10.1. The van der Waals surface area contributed by atoms with Crippen molar-refractivity contribution in [3.05, 3.63) is 47.8 Å². The van der Waals surface area contributed by atoms with E-state index in [1.807, 2.05) is 34.9 Å². The standard InChI is InChI=1S/C15H16ClN3/c1-2-9-19-14(17)13(18-15(19)10-7-8-10)11-5-3-4-6-12(11)16/h2-6,10H,1,7-9,17H2. The Morgan fingerprint density at radius 3 is 2.79 bits per heavy atom. The van der Waals surface area contributed by atoms with E-state index in [2.05, 4.69) is 6.58 Å². The van der Waals surface area contributed by atoms with Crippen LogP contribution in [0.4, 0.5) is 5.82 Å². The molecule has 3 rings (SSSR count). The fourth-order valence-corrected chi connectivity index (χ4v) is 2.53. The lowest BCUT2D eigenvalue weighted by Gasteiger charge is -2.06. The van der Waals surface area contributed by atoms with Gasteiger partial charge in [-0.25, -0.2) is 4.98 Å². The molecule has 1 heterocycles. The summed E-state index contributed by atoms with van der Waals surface area (Å²) < 4.78 is 2.04. The van der Waals surface area contributed by atoms with Gasteiger partial charge in [-0.2, -0.15) is 0 Å². The molecule has 0 spiro atoms. The zero-order valence-electron chi connectivity index (χ0n) is 10.6. The fraction of sp³-hybridized carbons (Fsp3) is 0.267. The van der Waals surface area contributed by atoms with Gasteiger partial charge in [-0.15, -0.1) is 6.58 Å². The van der Waals surface area contributed by atoms with Gasteiger partial charge in [0, 0.05) is 18.0 Å². The van der Waals surface area contributed by atoms with Crippen molar-refractivity contribution < 1.29 is 0 Å². The first-order valence-corrected chi connectivity index (χ1v) is 6.82. The van der Waals surface area contributed by atoms with Gasteiger partial charge < -0.3 is 10.3 Å². The summed E-state index contributed by atoms with van der Waals surface area (Å²) in [5, 5.41) is 0.680. The van der Waals surface area contributed by atoms with Crippen molar-refractivity contribution >= 4 is 17.4 Å². The molecule has 1 saturated carbocycles. The number of allylic oxidation sites excluding steroid dienone is 1. The van der Waals surface area contributed by atoms with Crippen molar-refractivity contribution in [2.45, 2.75) is 25.3 Å². The molecular weight excluding hydrogens is 258 g/mol. The Kier molecular flexibility index (Phi) is 3.07. The summed E-state index contributed by atoms with van der Waals surface area (Å²) in [6.45, 7) is 4.48. The van der Waals surface area contributed by atoms with Crippen LogP contribution in [0.2, 0.25) is 5.02 Å². The lowest BCUT2D eigenvalue weighted by molar-refractivity contribution is 0.750. The van der Waals surface area contributed by atoms with Crippen molar-refractivity contribution in [3.63, 3.8) is 0 Å². The Balaban J connectivity index is 2.14. The average molecular weight is 274 g/mol. The largest absolute Gasteiger partial charge is 0.383 e. The van der Waals surface area contributed by atoms with E-state index in [4.69, 9.17) is 22.3 Å². The topological polar surface area (TPSA) is 43.8 Å². The van der Waals surface area contributed by atoms with Crippen molar-refractivity contribution in [1.29, 1.82) is 0 Å². The van der Waals surface area contributed by atoms with Crippen LogP contribution in [0, 0.1) is 0 Å². The summed E-state index contributed by atoms with van der Waals surface area (Å²) in [5.74, 6) is 2.28. The molecule has 0 radical (unpaired) electrons. The maximum Gasteiger partial charge on any atom is 0.132 e. The molecular formula is C15H16ClN3. The summed E-state index contributed by atoms with van der Waals surface area (Å²) >= 11 is 6.24. The number of aromatic nitrogens is 2. The van der Waals surface area contributed by atoms with Gasteiger partial charge in [0.05, 0.1) is 5.02 Å². The highest BCUT2D eigenvalue weighted by Gasteiger charge is 2.30. The van der Waals surface area contributed by atoms with Gasteiger partial charge in [-0.05, 0) is 18.9 Å². The molecule has 0 bridgehead atoms. The summed E-state index contributed by atoms with van der Waals surface area (Å²) in [7, 11) is 0. The molecule has 3 nitrogen and oxygen atoms in total. The van der Waals surface area contributed by atoms with Crippen LogP contribution in [-0.4, -0.2) is 9.55 Å². The second-order valence-electron chi connectivity index (χ2n) is 4.86. The molecule has 1 aromatic carbocycles. The normalized spacial score (nSPS) is 14.6. The molecule has 0 unspecified atom stereocenters. The van der Waals surface area contributed by atoms with E-state index in [9.17, 15) is 0 Å². The van der Waals surface area contributed by atoms with Crippen molar-refractivity contribution in [3.8, 4) is 11.3 Å². The van der Waals surface area contributed by atoms with E-state index in [1.165, 1.54) is 12.8 Å². The van der Waals surface area contributed by atoms with Gasteiger partial charge in [0.15, 0.2) is 0 Å². The molecule has 0 aliphatic heterocycles. The molecule has 19 heavy (non-hydrogen) atoms. The van der Waals surface area contributed by atoms with Crippen LogP contribution in [0.5, 0.6) is 0 Å². The number of hydrogen-bond donors (Lipinski definition) is 1. The molecule has 1 aromatic heterocycles. The second-order valence-corrected chi connectivity index (χ2v) is 5.26. The van der Waals surface area contributed by atoms with E-state index >= 15 is 0 Å². The third-order valence-electron chi connectivity index (χ3n) is 3.42. The van der Waals surface area contributed by atoms with E-state index in [-0.39, 0.29) is 0 Å². The molecule has 1 aliphatic rings. The monoisotopic (exact) mass is 273 g/mol. The molecule has 2 aromatic rings. The Hall–Kier alpha value is -1.74. The highest BCUT2D eigenvalue weighted by molar-refractivity contribution is 6.33. The van der Waals surface area contributed by atoms with E-state index in [0.717, 1.165) is 17.1 Å². The predicted molar refractivity (Wildman–Crippen MR) is 79.3 cm³/mol. The summed E-state index contributed by atoms with van der Waals surface area (Å²) in [5.41, 5.74) is 7.93. The van der Waals surface area contributed by atoms with E-state index in [0.29, 0.717) is 23.3 Å². The SMILES string of the molecule is C=CCn1c(C2CC2)nc(-c2ccccc2Cl)c1N. The van der Waals surface area contributed by atoms with Crippen LogP contribution < -0.4 is 5.73 Å². The van der Waals surface area contributed by atoms with Gasteiger partial charge in [0.25, 0.3) is 0 Å². The maximum atomic E-state index is 6.25. The smallest absolute Gasteiger partial charge is 0.132 e. The van der Waals surface area contributed by atoms with Crippen molar-refractivity contribution in [2.75, 3.05) is 5.73 Å². The van der Waals surface area contributed by atoms with Gasteiger partial charge in [-0.1, -0.05) is 35.9 Å². The number of imidazole rings is 1. The Morgan fingerprint density at radius 1 is 1.42 bits per heavy atom. The number of anilines is 1. The van der Waals surface area contributed by atoms with Crippen LogP contribution in [-0.2, 0) is 6.54 Å². The summed E-state index contributed by atoms with van der Waals surface area (Å²) in [6, 6.07) is 7.67. The maximum absolute atomic E-state index is 6.25. The lowest BCUT2D eigenvalue weighted by Crippen LogP contribution is -2.05. The quantitative estimate of drug-likeness (QED) is 0.860. The summed E-state index contributed by atoms with van der Waals surface area (Å²) in [6.07, 6.45) is 4.23. The molecule has 0 saturated heterocycles. The number of benzene rings is 1. The van der Waals surface area contributed by atoms with Crippen LogP contribution in [0.3, 0.4) is 0 Å². The third-order valence-corrected chi connectivity index (χ3v) is 3.75. The molecule has 1 aliphatic carbocycles. The van der Waals surface area contributed by atoms with Crippen LogP contribution in [0.25, 0.3) is 11.3 Å². The highest BCUT2D eigenvalue weighted by atomic mass is 35.5. The zero-order valence-corrected chi connectivity index (χ0v) is 11.4. The van der Waals surface area contributed by atoms with Gasteiger partial charge >= 0.3 is 0 Å². The van der Waals surface area contributed by atoms with E-state index in [1.54, 1.807) is 0 Å². The molecule has 0 amide bonds. The predicted octanol–water partition coefficient (Wildman–Crippen LogP) is 3.85. The molecule has 1 fully saturated rings. The molecule has 98 valence electrons. The average Bonchev–Trinajstić information content (AvgIpc) is 3.19. The van der Waals surface area contributed by atoms with Crippen LogP contribution in [0.1, 0.15) is 24.6 Å². The van der Waals surface area contributed by atoms with Crippen LogP contribution >= 0.6 is 11.6 Å². The number of nitrogens with zero attached hydrogens (tertiary/aromatic N) is 2. The number of nitrogens with two attached hydrogens (primary N) is 1. The Labute approximate surface area is 117 Å². The van der Waals surface area contributed by atoms with E-state index < -0.39 is 0 Å². The highest BCUT2D eigenvalue weighted by Crippen LogP contribution is 2.43. The number of rotatable bonds is 4. The molecule has 0 atom stereocenters. The minimum absolute atomic E-state index is 0.540. The minimum atomic E-state index is 0.540.